The molecule has 2 rings (SSSR count). The van der Waals surface area contributed by atoms with Crippen LogP contribution in [0.25, 0.3) is 6.08 Å². The second-order valence-corrected chi connectivity index (χ2v) is 10.8. The smallest absolute Gasteiger partial charge is 0.336 e. The maximum atomic E-state index is 13.0. The lowest BCUT2D eigenvalue weighted by Gasteiger charge is -2.31. The summed E-state index contributed by atoms with van der Waals surface area (Å²) in [5, 5.41) is 3.12. The predicted molar refractivity (Wildman–Crippen MR) is 143 cm³/mol. The van der Waals surface area contributed by atoms with Gasteiger partial charge in [0.1, 0.15) is 5.60 Å². The molecule has 38 heavy (non-hydrogen) atoms. The van der Waals surface area contributed by atoms with Crippen molar-refractivity contribution in [1.29, 1.82) is 0 Å². The first-order valence-corrected chi connectivity index (χ1v) is 13.8. The van der Waals surface area contributed by atoms with E-state index < -0.39 is 39.5 Å². The molecule has 1 aliphatic rings. The third-order valence-electron chi connectivity index (χ3n) is 4.86. The van der Waals surface area contributed by atoms with Crippen LogP contribution in [0.5, 0.6) is 0 Å². The summed E-state index contributed by atoms with van der Waals surface area (Å²) in [4.78, 5) is 38.2. The van der Waals surface area contributed by atoms with E-state index in [2.05, 4.69) is 5.32 Å². The minimum atomic E-state index is -3.67. The molecule has 1 aromatic carbocycles. The Labute approximate surface area is 224 Å². The van der Waals surface area contributed by atoms with Crippen LogP contribution < -0.4 is 5.32 Å². The molecule has 0 amide bonds. The summed E-state index contributed by atoms with van der Waals surface area (Å²) in [6.07, 6.45) is 3.68. The van der Waals surface area contributed by atoms with E-state index in [-0.39, 0.29) is 13.2 Å². The van der Waals surface area contributed by atoms with Crippen molar-refractivity contribution in [3.8, 4) is 0 Å². The van der Waals surface area contributed by atoms with Gasteiger partial charge in [0, 0.05) is 17.5 Å². The lowest BCUT2D eigenvalue weighted by molar-refractivity contribution is -0.148. The molecule has 0 radical (unpaired) electrons. The van der Waals surface area contributed by atoms with E-state index in [1.54, 1.807) is 54.5 Å². The van der Waals surface area contributed by atoms with Gasteiger partial charge < -0.3 is 19.5 Å². The molecular formula is C27H37NO9S. The predicted octanol–water partition coefficient (Wildman–Crippen LogP) is 3.91. The monoisotopic (exact) mass is 551 g/mol. The van der Waals surface area contributed by atoms with Crippen molar-refractivity contribution in [1.82, 2.24) is 5.32 Å². The molecule has 1 aromatic rings. The van der Waals surface area contributed by atoms with Crippen LogP contribution in [0, 0.1) is 0 Å². The van der Waals surface area contributed by atoms with Gasteiger partial charge in [0.2, 0.25) is 0 Å². The molecular weight excluding hydrogens is 514 g/mol. The molecule has 0 aliphatic carbocycles. The molecule has 2 N–H and O–H groups in total. The van der Waals surface area contributed by atoms with Gasteiger partial charge >= 0.3 is 17.9 Å². The number of ether oxygens (including phenoxy) is 3. The standard InChI is InChI=1S/C26H33NO6.CH4O3S/c1-8-31-24(29)21-16(3)27-17(4)22(25(30)32-9-2)23(21)19-13-11-10-12-18(19)14-15-20(28)33-26(5,6)7;1-5(2,3)4/h10-15,23,27H,8-9H2,1-7H3;1H3,(H,2,3,4)/b15-14+;. The first-order valence-electron chi connectivity index (χ1n) is 11.9. The average Bonchev–Trinajstić information content (AvgIpc) is 2.75. The molecule has 11 heteroatoms. The summed E-state index contributed by atoms with van der Waals surface area (Å²) in [6.45, 7) is 12.8. The van der Waals surface area contributed by atoms with Gasteiger partial charge in [-0.25, -0.2) is 14.4 Å². The third kappa shape index (κ3) is 10.5. The Morgan fingerprint density at radius 2 is 1.42 bits per heavy atom. The first kappa shape index (κ1) is 32.6. The molecule has 0 saturated heterocycles. The lowest BCUT2D eigenvalue weighted by Crippen LogP contribution is -2.32. The summed E-state index contributed by atoms with van der Waals surface area (Å²) >= 11 is 0. The van der Waals surface area contributed by atoms with Crippen LogP contribution in [0.1, 0.15) is 65.5 Å². The van der Waals surface area contributed by atoms with E-state index in [1.807, 2.05) is 24.3 Å². The number of dihydropyridines is 1. The number of hydrogen-bond acceptors (Lipinski definition) is 9. The molecule has 0 atom stereocenters. The summed E-state index contributed by atoms with van der Waals surface area (Å²) in [5.41, 5.74) is 2.55. The molecule has 210 valence electrons. The highest BCUT2D eigenvalue weighted by molar-refractivity contribution is 7.85. The van der Waals surface area contributed by atoms with Crippen LogP contribution in [-0.4, -0.2) is 55.9 Å². The summed E-state index contributed by atoms with van der Waals surface area (Å²) in [7, 11) is -3.67. The zero-order chi connectivity index (χ0) is 29.3. The highest BCUT2D eigenvalue weighted by atomic mass is 32.2. The van der Waals surface area contributed by atoms with Crippen LogP contribution in [0.4, 0.5) is 0 Å². The highest BCUT2D eigenvalue weighted by Crippen LogP contribution is 2.40. The van der Waals surface area contributed by atoms with Gasteiger partial charge in [-0.05, 0) is 65.7 Å². The van der Waals surface area contributed by atoms with E-state index >= 15 is 0 Å². The zero-order valence-corrected chi connectivity index (χ0v) is 23.9. The Hall–Kier alpha value is -3.44. The zero-order valence-electron chi connectivity index (χ0n) is 23.1. The van der Waals surface area contributed by atoms with Crippen molar-refractivity contribution in [2.45, 2.75) is 60.0 Å². The van der Waals surface area contributed by atoms with Crippen LogP contribution in [0.3, 0.4) is 0 Å². The normalized spacial score (nSPS) is 14.4. The molecule has 0 unspecified atom stereocenters. The van der Waals surface area contributed by atoms with Gasteiger partial charge in [-0.1, -0.05) is 24.3 Å². The number of esters is 3. The minimum absolute atomic E-state index is 0.194. The largest absolute Gasteiger partial charge is 0.463 e. The third-order valence-corrected chi connectivity index (χ3v) is 4.86. The average molecular weight is 552 g/mol. The lowest BCUT2D eigenvalue weighted by atomic mass is 9.78. The Balaban J connectivity index is 0.00000132. The van der Waals surface area contributed by atoms with Crippen molar-refractivity contribution >= 4 is 34.1 Å². The van der Waals surface area contributed by atoms with E-state index in [1.165, 1.54) is 6.08 Å². The van der Waals surface area contributed by atoms with Gasteiger partial charge in [0.05, 0.1) is 36.5 Å². The van der Waals surface area contributed by atoms with Gasteiger partial charge in [-0.2, -0.15) is 8.42 Å². The number of carbonyl (C=O) groups is 3. The van der Waals surface area contributed by atoms with Crippen molar-refractivity contribution in [3.05, 3.63) is 64.0 Å². The van der Waals surface area contributed by atoms with Gasteiger partial charge in [0.15, 0.2) is 0 Å². The fourth-order valence-corrected chi connectivity index (χ4v) is 3.68. The number of nitrogens with one attached hydrogen (secondary N) is 1. The van der Waals surface area contributed by atoms with E-state index in [0.717, 1.165) is 0 Å². The summed E-state index contributed by atoms with van der Waals surface area (Å²) < 4.78 is 41.9. The molecule has 0 spiro atoms. The molecule has 1 aliphatic heterocycles. The van der Waals surface area contributed by atoms with Gasteiger partial charge in [-0.15, -0.1) is 0 Å². The Morgan fingerprint density at radius 3 is 1.84 bits per heavy atom. The SMILES string of the molecule is CCOC(=O)C1=C(C)NC(C)=C(C(=O)OCC)C1c1ccccc1/C=C/C(=O)OC(C)(C)C.CS(=O)(=O)O. The molecule has 0 aromatic heterocycles. The number of allylic oxidation sites excluding steroid dienone is 2. The van der Waals surface area contributed by atoms with Crippen LogP contribution in [0.2, 0.25) is 0 Å². The number of hydrogen-bond donors (Lipinski definition) is 2. The molecule has 0 fully saturated rings. The fourth-order valence-electron chi connectivity index (χ4n) is 3.68. The van der Waals surface area contributed by atoms with Crippen molar-refractivity contribution in [2.24, 2.45) is 0 Å². The van der Waals surface area contributed by atoms with E-state index in [0.29, 0.717) is 39.9 Å². The molecule has 0 bridgehead atoms. The molecule has 0 saturated carbocycles. The van der Waals surface area contributed by atoms with Crippen LogP contribution in [0.15, 0.2) is 52.9 Å². The van der Waals surface area contributed by atoms with Crippen molar-refractivity contribution < 1.29 is 41.6 Å². The van der Waals surface area contributed by atoms with Crippen LogP contribution in [-0.2, 0) is 38.7 Å². The summed E-state index contributed by atoms with van der Waals surface area (Å²) in [6, 6.07) is 7.27. The summed E-state index contributed by atoms with van der Waals surface area (Å²) in [5.74, 6) is -2.26. The minimum Gasteiger partial charge on any atom is -0.463 e. The maximum Gasteiger partial charge on any atom is 0.336 e. The topological polar surface area (TPSA) is 145 Å². The second kappa shape index (κ2) is 13.9. The first-order chi connectivity index (χ1) is 17.5. The fraction of sp³-hybridized carbons (Fsp3) is 0.444. The molecule has 10 nitrogen and oxygen atoms in total. The second-order valence-electron chi connectivity index (χ2n) is 9.31. The number of rotatable bonds is 7. The quantitative estimate of drug-likeness (QED) is 0.221. The van der Waals surface area contributed by atoms with Gasteiger partial charge in [-0.3, -0.25) is 4.55 Å². The number of carbonyl (C=O) groups excluding carboxylic acids is 3. The van der Waals surface area contributed by atoms with Gasteiger partial charge in [0.25, 0.3) is 10.1 Å². The van der Waals surface area contributed by atoms with Crippen molar-refractivity contribution in [2.75, 3.05) is 19.5 Å². The Kier molecular flexibility index (Phi) is 11.9. The maximum absolute atomic E-state index is 13.0. The molecule has 1 heterocycles. The van der Waals surface area contributed by atoms with E-state index in [4.69, 9.17) is 18.8 Å². The Morgan fingerprint density at radius 1 is 0.974 bits per heavy atom. The Bertz CT molecular complexity index is 1190. The van der Waals surface area contributed by atoms with E-state index in [9.17, 15) is 22.8 Å². The highest BCUT2D eigenvalue weighted by Gasteiger charge is 2.38. The van der Waals surface area contributed by atoms with Crippen LogP contribution >= 0.6 is 0 Å². The number of benzene rings is 1. The van der Waals surface area contributed by atoms with Crippen molar-refractivity contribution in [3.63, 3.8) is 0 Å².